The second-order valence-electron chi connectivity index (χ2n) is 4.44. The maximum absolute atomic E-state index is 12.1. The number of Topliss-reactive ketones (excluding diaryl/α,β-unsaturated/α-hetero) is 1. The zero-order valence-corrected chi connectivity index (χ0v) is 10.2. The van der Waals surface area contributed by atoms with Crippen molar-refractivity contribution < 1.29 is 14.3 Å². The van der Waals surface area contributed by atoms with Crippen LogP contribution in [0.1, 0.15) is 37.8 Å². The van der Waals surface area contributed by atoms with Gasteiger partial charge in [0.05, 0.1) is 0 Å². The SMILES string of the molecule is CCC(=O)OC1(C)C(=O)CCc2ccccc21. The molecule has 90 valence electrons. The van der Waals surface area contributed by atoms with Gasteiger partial charge in [0, 0.05) is 18.4 Å². The molecule has 0 bridgehead atoms. The Kier molecular flexibility index (Phi) is 3.01. The molecular formula is C14H16O3. The fourth-order valence-electron chi connectivity index (χ4n) is 2.25. The number of aryl methyl sites for hydroxylation is 1. The number of ether oxygens (including phenoxy) is 1. The number of ketones is 1. The highest BCUT2D eigenvalue weighted by atomic mass is 16.6. The molecule has 1 unspecified atom stereocenters. The van der Waals surface area contributed by atoms with Crippen LogP contribution in [0.4, 0.5) is 0 Å². The molecule has 0 N–H and O–H groups in total. The normalized spacial score (nSPS) is 23.1. The number of carbonyl (C=O) groups is 2. The molecule has 3 heteroatoms. The van der Waals surface area contributed by atoms with Crippen LogP contribution in [0.3, 0.4) is 0 Å². The van der Waals surface area contributed by atoms with Crippen molar-refractivity contribution in [3.8, 4) is 0 Å². The molecule has 0 spiro atoms. The third kappa shape index (κ3) is 1.97. The highest BCUT2D eigenvalue weighted by molar-refractivity contribution is 5.92. The minimum absolute atomic E-state index is 0.0157. The molecule has 1 aliphatic rings. The fourth-order valence-corrected chi connectivity index (χ4v) is 2.25. The maximum atomic E-state index is 12.1. The largest absolute Gasteiger partial charge is 0.446 e. The van der Waals surface area contributed by atoms with Crippen LogP contribution in [-0.4, -0.2) is 11.8 Å². The number of hydrogen-bond donors (Lipinski definition) is 0. The van der Waals surface area contributed by atoms with E-state index >= 15 is 0 Å². The molecule has 1 aliphatic carbocycles. The van der Waals surface area contributed by atoms with E-state index in [4.69, 9.17) is 4.74 Å². The highest BCUT2D eigenvalue weighted by Gasteiger charge is 2.42. The minimum Gasteiger partial charge on any atom is -0.446 e. The summed E-state index contributed by atoms with van der Waals surface area (Å²) < 4.78 is 5.38. The average molecular weight is 232 g/mol. The number of rotatable bonds is 2. The zero-order valence-electron chi connectivity index (χ0n) is 10.2. The molecule has 0 heterocycles. The Balaban J connectivity index is 2.44. The van der Waals surface area contributed by atoms with E-state index in [1.165, 1.54) is 0 Å². The first-order chi connectivity index (χ1) is 8.08. The number of benzene rings is 1. The molecule has 0 amide bonds. The third-order valence-electron chi connectivity index (χ3n) is 3.29. The van der Waals surface area contributed by atoms with Crippen LogP contribution in [0.15, 0.2) is 24.3 Å². The minimum atomic E-state index is -1.10. The monoisotopic (exact) mass is 232 g/mol. The molecule has 3 nitrogen and oxygen atoms in total. The summed E-state index contributed by atoms with van der Waals surface area (Å²) in [5.74, 6) is -0.351. The van der Waals surface area contributed by atoms with Gasteiger partial charge in [-0.2, -0.15) is 0 Å². The Morgan fingerprint density at radius 3 is 2.76 bits per heavy atom. The topological polar surface area (TPSA) is 43.4 Å². The smallest absolute Gasteiger partial charge is 0.306 e. The Labute approximate surface area is 101 Å². The summed E-state index contributed by atoms with van der Waals surface area (Å²) in [6.07, 6.45) is 1.45. The molecule has 2 rings (SSSR count). The number of fused-ring (bicyclic) bond motifs is 1. The van der Waals surface area contributed by atoms with Gasteiger partial charge < -0.3 is 4.74 Å². The molecule has 0 aromatic heterocycles. The van der Waals surface area contributed by atoms with Crippen molar-refractivity contribution in [2.75, 3.05) is 0 Å². The molecule has 1 aromatic rings. The highest BCUT2D eigenvalue weighted by Crippen LogP contribution is 2.35. The van der Waals surface area contributed by atoms with E-state index in [2.05, 4.69) is 0 Å². The molecule has 0 saturated carbocycles. The number of carbonyl (C=O) groups excluding carboxylic acids is 2. The molecule has 1 atom stereocenters. The summed E-state index contributed by atoms with van der Waals surface area (Å²) in [4.78, 5) is 23.5. The van der Waals surface area contributed by atoms with Gasteiger partial charge in [-0.3, -0.25) is 9.59 Å². The lowest BCUT2D eigenvalue weighted by Crippen LogP contribution is -2.41. The molecular weight excluding hydrogens is 216 g/mol. The summed E-state index contributed by atoms with van der Waals surface area (Å²) in [7, 11) is 0. The van der Waals surface area contributed by atoms with Gasteiger partial charge in [-0.25, -0.2) is 0 Å². The third-order valence-corrected chi connectivity index (χ3v) is 3.29. The van der Waals surface area contributed by atoms with Gasteiger partial charge >= 0.3 is 5.97 Å². The second-order valence-corrected chi connectivity index (χ2v) is 4.44. The van der Waals surface area contributed by atoms with E-state index in [0.29, 0.717) is 6.42 Å². The molecule has 17 heavy (non-hydrogen) atoms. The first-order valence-electron chi connectivity index (χ1n) is 5.91. The lowest BCUT2D eigenvalue weighted by molar-refractivity contribution is -0.167. The van der Waals surface area contributed by atoms with E-state index in [1.54, 1.807) is 13.8 Å². The van der Waals surface area contributed by atoms with E-state index < -0.39 is 5.60 Å². The Hall–Kier alpha value is -1.64. The van der Waals surface area contributed by atoms with Gasteiger partial charge in [0.25, 0.3) is 0 Å². The molecule has 0 radical (unpaired) electrons. The van der Waals surface area contributed by atoms with Gasteiger partial charge in [-0.15, -0.1) is 0 Å². The summed E-state index contributed by atoms with van der Waals surface area (Å²) in [6.45, 7) is 3.42. The van der Waals surface area contributed by atoms with Crippen molar-refractivity contribution in [2.24, 2.45) is 0 Å². The van der Waals surface area contributed by atoms with E-state index in [0.717, 1.165) is 17.5 Å². The van der Waals surface area contributed by atoms with Crippen molar-refractivity contribution in [2.45, 2.75) is 38.7 Å². The van der Waals surface area contributed by atoms with Crippen LogP contribution < -0.4 is 0 Å². The van der Waals surface area contributed by atoms with Gasteiger partial charge in [-0.05, 0) is 18.9 Å². The van der Waals surface area contributed by atoms with Crippen LogP contribution in [0, 0.1) is 0 Å². The van der Waals surface area contributed by atoms with Crippen molar-refractivity contribution in [3.63, 3.8) is 0 Å². The van der Waals surface area contributed by atoms with Crippen molar-refractivity contribution >= 4 is 11.8 Å². The second kappa shape index (κ2) is 4.32. The standard InChI is InChI=1S/C14H16O3/c1-3-13(16)17-14(2)11-7-5-4-6-10(11)8-9-12(14)15/h4-7H,3,8-9H2,1-2H3. The first-order valence-corrected chi connectivity index (χ1v) is 5.91. The van der Waals surface area contributed by atoms with Crippen molar-refractivity contribution in [1.29, 1.82) is 0 Å². The average Bonchev–Trinajstić information content (AvgIpc) is 2.34. The van der Waals surface area contributed by atoms with Crippen LogP contribution in [0.2, 0.25) is 0 Å². The Morgan fingerprint density at radius 2 is 2.06 bits per heavy atom. The molecule has 0 aliphatic heterocycles. The first kappa shape index (κ1) is 11.8. The predicted octanol–water partition coefficient (Wildman–Crippen LogP) is 2.37. The van der Waals surface area contributed by atoms with Gasteiger partial charge in [0.1, 0.15) is 0 Å². The van der Waals surface area contributed by atoms with Gasteiger partial charge in [0.15, 0.2) is 11.4 Å². The maximum Gasteiger partial charge on any atom is 0.306 e. The van der Waals surface area contributed by atoms with E-state index in [9.17, 15) is 9.59 Å². The predicted molar refractivity (Wildman–Crippen MR) is 63.5 cm³/mol. The van der Waals surface area contributed by atoms with Gasteiger partial charge in [-0.1, -0.05) is 31.2 Å². The van der Waals surface area contributed by atoms with Crippen LogP contribution in [0.25, 0.3) is 0 Å². The summed E-state index contributed by atoms with van der Waals surface area (Å²) in [5, 5.41) is 0. The van der Waals surface area contributed by atoms with Crippen molar-refractivity contribution in [1.82, 2.24) is 0 Å². The van der Waals surface area contributed by atoms with Gasteiger partial charge in [0.2, 0.25) is 0 Å². The molecule has 0 fully saturated rings. The quantitative estimate of drug-likeness (QED) is 0.735. The van der Waals surface area contributed by atoms with E-state index in [1.807, 2.05) is 24.3 Å². The Morgan fingerprint density at radius 1 is 1.35 bits per heavy atom. The summed E-state index contributed by atoms with van der Waals surface area (Å²) in [5.41, 5.74) is 0.832. The molecule has 1 aromatic carbocycles. The summed E-state index contributed by atoms with van der Waals surface area (Å²) >= 11 is 0. The van der Waals surface area contributed by atoms with Crippen LogP contribution in [0.5, 0.6) is 0 Å². The lowest BCUT2D eigenvalue weighted by Gasteiger charge is -2.33. The van der Waals surface area contributed by atoms with Crippen LogP contribution >= 0.6 is 0 Å². The summed E-state index contributed by atoms with van der Waals surface area (Å²) in [6, 6.07) is 7.67. The number of esters is 1. The number of hydrogen-bond acceptors (Lipinski definition) is 3. The van der Waals surface area contributed by atoms with Crippen molar-refractivity contribution in [3.05, 3.63) is 35.4 Å². The zero-order chi connectivity index (χ0) is 12.5. The lowest BCUT2D eigenvalue weighted by atomic mass is 9.79. The van der Waals surface area contributed by atoms with E-state index in [-0.39, 0.29) is 18.2 Å². The fraction of sp³-hybridized carbons (Fsp3) is 0.429. The molecule has 0 saturated heterocycles. The Bertz CT molecular complexity index is 464. The van der Waals surface area contributed by atoms with Crippen LogP contribution in [-0.2, 0) is 26.3 Å².